The van der Waals surface area contributed by atoms with Crippen LogP contribution < -0.4 is 5.73 Å². The van der Waals surface area contributed by atoms with Crippen LogP contribution in [0.1, 0.15) is 26.2 Å². The predicted molar refractivity (Wildman–Crippen MR) is 93.9 cm³/mol. The van der Waals surface area contributed by atoms with E-state index < -0.39 is 0 Å². The molecule has 1 aliphatic heterocycles. The molecule has 22 heavy (non-hydrogen) atoms. The number of carbonyl (C=O) groups excluding carboxylic acids is 1. The number of hydrogen-bond donors (Lipinski definition) is 1. The molecule has 2 rings (SSSR count). The summed E-state index contributed by atoms with van der Waals surface area (Å²) in [6, 6.07) is 0. The molecule has 1 saturated carbocycles. The smallest absolute Gasteiger partial charge is 0.226 e. The van der Waals surface area contributed by atoms with Crippen molar-refractivity contribution in [3.05, 3.63) is 0 Å². The van der Waals surface area contributed by atoms with E-state index in [2.05, 4.69) is 9.80 Å². The van der Waals surface area contributed by atoms with Crippen molar-refractivity contribution in [2.24, 2.45) is 17.6 Å². The van der Waals surface area contributed by atoms with Crippen molar-refractivity contribution >= 4 is 30.7 Å². The Kier molecular flexibility index (Phi) is 11.4. The van der Waals surface area contributed by atoms with Crippen LogP contribution in [0.15, 0.2) is 0 Å². The standard InChI is InChI=1S/C15H29N3O2.2ClH/c1-2-20-11-10-17-6-8-18(9-7-17)15(19)14-5-3-4-13(14)12-16;;/h13-14H,2-12,16H2,1H3;2*1H/t13-,14-;;/m1../s1. The lowest BCUT2D eigenvalue weighted by molar-refractivity contribution is -0.138. The van der Waals surface area contributed by atoms with Gasteiger partial charge in [-0.3, -0.25) is 9.69 Å². The highest BCUT2D eigenvalue weighted by Gasteiger charge is 2.35. The first-order chi connectivity index (χ1) is 9.76. The van der Waals surface area contributed by atoms with Gasteiger partial charge in [-0.2, -0.15) is 0 Å². The van der Waals surface area contributed by atoms with E-state index in [4.69, 9.17) is 10.5 Å². The molecule has 0 unspecified atom stereocenters. The second kappa shape index (κ2) is 11.5. The van der Waals surface area contributed by atoms with Crippen LogP contribution in [-0.4, -0.2) is 68.2 Å². The summed E-state index contributed by atoms with van der Waals surface area (Å²) in [5, 5.41) is 0. The van der Waals surface area contributed by atoms with Gasteiger partial charge in [-0.25, -0.2) is 0 Å². The summed E-state index contributed by atoms with van der Waals surface area (Å²) >= 11 is 0. The molecule has 0 aromatic heterocycles. The number of piperazine rings is 1. The van der Waals surface area contributed by atoms with Crippen molar-refractivity contribution in [3.63, 3.8) is 0 Å². The van der Waals surface area contributed by atoms with Crippen LogP contribution in [0.5, 0.6) is 0 Å². The van der Waals surface area contributed by atoms with Crippen molar-refractivity contribution in [3.8, 4) is 0 Å². The topological polar surface area (TPSA) is 58.8 Å². The van der Waals surface area contributed by atoms with Crippen molar-refractivity contribution in [1.29, 1.82) is 0 Å². The molecule has 0 spiro atoms. The maximum atomic E-state index is 12.6. The van der Waals surface area contributed by atoms with E-state index in [0.29, 0.717) is 18.4 Å². The molecule has 1 saturated heterocycles. The zero-order chi connectivity index (χ0) is 14.4. The van der Waals surface area contributed by atoms with Crippen LogP contribution in [0.4, 0.5) is 0 Å². The van der Waals surface area contributed by atoms with Gasteiger partial charge in [-0.15, -0.1) is 24.8 Å². The van der Waals surface area contributed by atoms with Crippen LogP contribution in [0.25, 0.3) is 0 Å². The van der Waals surface area contributed by atoms with Gasteiger partial charge in [0.1, 0.15) is 0 Å². The molecular formula is C15H31Cl2N3O2. The Labute approximate surface area is 146 Å². The fourth-order valence-electron chi connectivity index (χ4n) is 3.41. The van der Waals surface area contributed by atoms with E-state index >= 15 is 0 Å². The maximum Gasteiger partial charge on any atom is 0.226 e. The highest BCUT2D eigenvalue weighted by Crippen LogP contribution is 2.32. The fraction of sp³-hybridized carbons (Fsp3) is 0.933. The van der Waals surface area contributed by atoms with Crippen molar-refractivity contribution in [2.75, 3.05) is 52.5 Å². The highest BCUT2D eigenvalue weighted by molar-refractivity contribution is 5.85. The minimum absolute atomic E-state index is 0. The summed E-state index contributed by atoms with van der Waals surface area (Å²) in [5.41, 5.74) is 5.79. The Morgan fingerprint density at radius 2 is 1.86 bits per heavy atom. The first-order valence-electron chi connectivity index (χ1n) is 8.05. The van der Waals surface area contributed by atoms with Gasteiger partial charge in [0, 0.05) is 45.2 Å². The number of ether oxygens (including phenoxy) is 1. The molecule has 0 aromatic rings. The lowest BCUT2D eigenvalue weighted by Gasteiger charge is -2.36. The Balaban J connectivity index is 0.00000220. The third-order valence-corrected chi connectivity index (χ3v) is 4.72. The lowest BCUT2D eigenvalue weighted by Crippen LogP contribution is -2.51. The second-order valence-electron chi connectivity index (χ2n) is 5.90. The first-order valence-corrected chi connectivity index (χ1v) is 8.05. The van der Waals surface area contributed by atoms with Crippen LogP contribution in [0, 0.1) is 11.8 Å². The molecule has 1 heterocycles. The van der Waals surface area contributed by atoms with Crippen LogP contribution in [0.3, 0.4) is 0 Å². The SMILES string of the molecule is CCOCCN1CCN(C(=O)[C@@H]2CCC[C@@H]2CN)CC1.Cl.Cl. The van der Waals surface area contributed by atoms with Gasteiger partial charge in [0.05, 0.1) is 6.61 Å². The summed E-state index contributed by atoms with van der Waals surface area (Å²) in [6.45, 7) is 8.89. The van der Waals surface area contributed by atoms with E-state index in [1.807, 2.05) is 6.92 Å². The average molecular weight is 356 g/mol. The molecule has 1 aliphatic carbocycles. The number of hydrogen-bond acceptors (Lipinski definition) is 4. The van der Waals surface area contributed by atoms with Gasteiger partial charge < -0.3 is 15.4 Å². The second-order valence-corrected chi connectivity index (χ2v) is 5.90. The summed E-state index contributed by atoms with van der Waals surface area (Å²) in [5.74, 6) is 0.955. The van der Waals surface area contributed by atoms with Gasteiger partial charge >= 0.3 is 0 Å². The molecule has 0 bridgehead atoms. The van der Waals surface area contributed by atoms with Crippen molar-refractivity contribution in [2.45, 2.75) is 26.2 Å². The first kappa shape index (κ1) is 21.9. The summed E-state index contributed by atoms with van der Waals surface area (Å²) < 4.78 is 5.38. The predicted octanol–water partition coefficient (Wildman–Crippen LogP) is 1.39. The maximum absolute atomic E-state index is 12.6. The minimum Gasteiger partial charge on any atom is -0.380 e. The van der Waals surface area contributed by atoms with E-state index in [1.165, 1.54) is 0 Å². The normalized spacial score (nSPS) is 25.5. The van der Waals surface area contributed by atoms with E-state index in [9.17, 15) is 4.79 Å². The molecule has 1 amide bonds. The highest BCUT2D eigenvalue weighted by atomic mass is 35.5. The fourth-order valence-corrected chi connectivity index (χ4v) is 3.41. The van der Waals surface area contributed by atoms with Crippen LogP contribution >= 0.6 is 24.8 Å². The summed E-state index contributed by atoms with van der Waals surface area (Å²) in [7, 11) is 0. The van der Waals surface area contributed by atoms with Crippen LogP contribution in [-0.2, 0) is 9.53 Å². The Hall–Kier alpha value is -0.0700. The largest absolute Gasteiger partial charge is 0.380 e. The number of nitrogens with zero attached hydrogens (tertiary/aromatic N) is 2. The number of halogens is 2. The van der Waals surface area contributed by atoms with E-state index in [0.717, 1.165) is 65.2 Å². The zero-order valence-electron chi connectivity index (χ0n) is 13.5. The molecule has 5 nitrogen and oxygen atoms in total. The molecule has 2 N–H and O–H groups in total. The third-order valence-electron chi connectivity index (χ3n) is 4.72. The van der Waals surface area contributed by atoms with Gasteiger partial charge in [0.15, 0.2) is 0 Å². The number of rotatable bonds is 6. The molecule has 0 aromatic carbocycles. The number of carbonyl (C=O) groups is 1. The molecule has 132 valence electrons. The summed E-state index contributed by atoms with van der Waals surface area (Å²) in [4.78, 5) is 17.0. The Bertz CT molecular complexity index is 313. The van der Waals surface area contributed by atoms with E-state index in [-0.39, 0.29) is 30.7 Å². The lowest BCUT2D eigenvalue weighted by atomic mass is 9.94. The molecule has 2 fully saturated rings. The Morgan fingerprint density at radius 1 is 1.18 bits per heavy atom. The average Bonchev–Trinajstić information content (AvgIpc) is 2.96. The molecule has 0 radical (unpaired) electrons. The molecule has 7 heteroatoms. The van der Waals surface area contributed by atoms with Crippen LogP contribution in [0.2, 0.25) is 0 Å². The van der Waals surface area contributed by atoms with Crippen molar-refractivity contribution in [1.82, 2.24) is 9.80 Å². The van der Waals surface area contributed by atoms with Gasteiger partial charge in [0.25, 0.3) is 0 Å². The Morgan fingerprint density at radius 3 is 2.45 bits per heavy atom. The number of amides is 1. The van der Waals surface area contributed by atoms with E-state index in [1.54, 1.807) is 0 Å². The minimum atomic E-state index is 0. The summed E-state index contributed by atoms with van der Waals surface area (Å²) in [6.07, 6.45) is 3.32. The van der Waals surface area contributed by atoms with Gasteiger partial charge in [-0.05, 0) is 32.2 Å². The monoisotopic (exact) mass is 355 g/mol. The van der Waals surface area contributed by atoms with Crippen molar-refractivity contribution < 1.29 is 9.53 Å². The molecule has 2 atom stereocenters. The quantitative estimate of drug-likeness (QED) is 0.731. The zero-order valence-corrected chi connectivity index (χ0v) is 15.2. The third kappa shape index (κ3) is 5.85. The van der Waals surface area contributed by atoms with Gasteiger partial charge in [0.2, 0.25) is 5.91 Å². The number of nitrogens with two attached hydrogens (primary N) is 1. The molecule has 2 aliphatic rings. The molecular weight excluding hydrogens is 325 g/mol. The van der Waals surface area contributed by atoms with Gasteiger partial charge in [-0.1, -0.05) is 6.42 Å².